The number of carbonyl (C=O) groups excluding carboxylic acids is 2. The lowest BCUT2D eigenvalue weighted by Gasteiger charge is -2.29. The predicted octanol–water partition coefficient (Wildman–Crippen LogP) is 1.94. The number of ether oxygens (including phenoxy) is 2. The molecule has 1 fully saturated rings. The molecule has 4 rings (SSSR count). The number of carbonyl (C=O) groups is 3. The van der Waals surface area contributed by atoms with Crippen LogP contribution in [-0.4, -0.2) is 34.8 Å². The van der Waals surface area contributed by atoms with Crippen molar-refractivity contribution in [2.24, 2.45) is 0 Å². The lowest BCUT2D eigenvalue weighted by atomic mass is 10.1. The monoisotopic (exact) mass is 396 g/mol. The number of nitrogens with zero attached hydrogens (tertiary/aromatic N) is 1. The van der Waals surface area contributed by atoms with E-state index >= 15 is 0 Å². The summed E-state index contributed by atoms with van der Waals surface area (Å²) in [5.74, 6) is -1.35. The number of amides is 2. The number of hydrogen-bond donors (Lipinski definition) is 2. The maximum absolute atomic E-state index is 13.0. The van der Waals surface area contributed by atoms with Crippen LogP contribution >= 0.6 is 12.2 Å². The van der Waals surface area contributed by atoms with Gasteiger partial charge in [0.15, 0.2) is 16.6 Å². The van der Waals surface area contributed by atoms with Crippen LogP contribution in [0.15, 0.2) is 48.0 Å². The van der Waals surface area contributed by atoms with Crippen LogP contribution in [0.5, 0.6) is 11.5 Å². The Morgan fingerprint density at radius 2 is 1.93 bits per heavy atom. The van der Waals surface area contributed by atoms with E-state index in [1.807, 2.05) is 0 Å². The standard InChI is InChI=1S/C19H12N2O6S/c22-16-13(6-10-4-5-14-15(7-10)27-9-26-14)17(23)21(19(28)20-16)12-3-1-2-11(8-12)18(24)25/h1-8H,9H2,(H,24,25)(H,20,22,28). The second kappa shape index (κ2) is 6.78. The quantitative estimate of drug-likeness (QED) is 0.464. The SMILES string of the molecule is O=C1NC(=S)N(c2cccc(C(=O)O)c2)C(=O)C1=Cc1ccc2c(c1)OCO2. The topological polar surface area (TPSA) is 105 Å². The summed E-state index contributed by atoms with van der Waals surface area (Å²) in [7, 11) is 0. The Kier molecular flexibility index (Phi) is 4.28. The molecule has 0 saturated carbocycles. The second-order valence-corrected chi connectivity index (χ2v) is 6.31. The first-order chi connectivity index (χ1) is 13.4. The second-order valence-electron chi connectivity index (χ2n) is 5.93. The number of benzene rings is 2. The van der Waals surface area contributed by atoms with Crippen molar-refractivity contribution in [1.82, 2.24) is 5.32 Å². The van der Waals surface area contributed by atoms with E-state index in [9.17, 15) is 14.4 Å². The lowest BCUT2D eigenvalue weighted by molar-refractivity contribution is -0.122. The van der Waals surface area contributed by atoms with E-state index in [1.54, 1.807) is 18.2 Å². The number of fused-ring (bicyclic) bond motifs is 1. The molecule has 2 N–H and O–H groups in total. The molecule has 1 saturated heterocycles. The number of thiocarbonyl (C=S) groups is 1. The summed E-state index contributed by atoms with van der Waals surface area (Å²) in [5.41, 5.74) is 0.654. The Labute approximate surface area is 164 Å². The van der Waals surface area contributed by atoms with Crippen molar-refractivity contribution in [1.29, 1.82) is 0 Å². The van der Waals surface area contributed by atoms with E-state index < -0.39 is 17.8 Å². The van der Waals surface area contributed by atoms with Gasteiger partial charge in [-0.15, -0.1) is 0 Å². The molecule has 9 heteroatoms. The minimum atomic E-state index is -1.14. The van der Waals surface area contributed by atoms with Crippen LogP contribution in [0.3, 0.4) is 0 Å². The molecule has 0 spiro atoms. The van der Waals surface area contributed by atoms with Crippen LogP contribution in [0.2, 0.25) is 0 Å². The summed E-state index contributed by atoms with van der Waals surface area (Å²) in [6.45, 7) is 0.108. The van der Waals surface area contributed by atoms with E-state index in [0.717, 1.165) is 4.90 Å². The van der Waals surface area contributed by atoms with Crippen LogP contribution in [0.4, 0.5) is 5.69 Å². The van der Waals surface area contributed by atoms with Crippen LogP contribution < -0.4 is 19.7 Å². The fourth-order valence-corrected chi connectivity index (χ4v) is 3.12. The molecule has 2 aromatic carbocycles. The van der Waals surface area contributed by atoms with Crippen LogP contribution in [-0.2, 0) is 9.59 Å². The van der Waals surface area contributed by atoms with E-state index in [2.05, 4.69) is 5.32 Å². The van der Waals surface area contributed by atoms with Gasteiger partial charge < -0.3 is 14.6 Å². The highest BCUT2D eigenvalue weighted by atomic mass is 32.1. The molecule has 2 aliphatic heterocycles. The van der Waals surface area contributed by atoms with Gasteiger partial charge in [0.05, 0.1) is 11.3 Å². The van der Waals surface area contributed by atoms with Gasteiger partial charge in [-0.1, -0.05) is 12.1 Å². The first-order valence-electron chi connectivity index (χ1n) is 8.08. The van der Waals surface area contributed by atoms with Crippen molar-refractivity contribution in [3.05, 3.63) is 59.2 Å². The molecule has 0 unspecified atom stereocenters. The molecule has 2 amide bonds. The number of carboxylic acids is 1. The Bertz CT molecular complexity index is 1080. The van der Waals surface area contributed by atoms with Crippen molar-refractivity contribution < 1.29 is 29.0 Å². The number of hydrogen-bond acceptors (Lipinski definition) is 6. The number of rotatable bonds is 3. The molecule has 0 atom stereocenters. The third-order valence-electron chi connectivity index (χ3n) is 4.16. The van der Waals surface area contributed by atoms with Gasteiger partial charge in [0, 0.05) is 0 Å². The van der Waals surface area contributed by atoms with Gasteiger partial charge in [0.2, 0.25) is 6.79 Å². The fraction of sp³-hybridized carbons (Fsp3) is 0.0526. The van der Waals surface area contributed by atoms with Crippen molar-refractivity contribution in [2.45, 2.75) is 0 Å². The maximum Gasteiger partial charge on any atom is 0.335 e. The fourth-order valence-electron chi connectivity index (χ4n) is 2.84. The highest BCUT2D eigenvalue weighted by Crippen LogP contribution is 2.33. The Hall–Kier alpha value is -3.72. The Balaban J connectivity index is 1.72. The van der Waals surface area contributed by atoms with Crippen LogP contribution in [0.25, 0.3) is 6.08 Å². The van der Waals surface area contributed by atoms with Crippen molar-refractivity contribution in [2.75, 3.05) is 11.7 Å². The molecule has 0 aromatic heterocycles. The van der Waals surface area contributed by atoms with Crippen LogP contribution in [0, 0.1) is 0 Å². The molecule has 2 aromatic rings. The third kappa shape index (κ3) is 3.08. The zero-order chi connectivity index (χ0) is 19.8. The highest BCUT2D eigenvalue weighted by molar-refractivity contribution is 7.80. The van der Waals surface area contributed by atoms with E-state index in [-0.39, 0.29) is 28.7 Å². The molecule has 0 bridgehead atoms. The minimum absolute atomic E-state index is 0.00806. The molecule has 8 nitrogen and oxygen atoms in total. The minimum Gasteiger partial charge on any atom is -0.478 e. The zero-order valence-electron chi connectivity index (χ0n) is 14.2. The Morgan fingerprint density at radius 3 is 2.71 bits per heavy atom. The van der Waals surface area contributed by atoms with E-state index in [4.69, 9.17) is 26.8 Å². The summed E-state index contributed by atoms with van der Waals surface area (Å²) in [4.78, 5) is 37.6. The molecule has 140 valence electrons. The van der Waals surface area contributed by atoms with Crippen molar-refractivity contribution >= 4 is 46.9 Å². The van der Waals surface area contributed by atoms with Gasteiger partial charge in [-0.25, -0.2) is 4.79 Å². The summed E-state index contributed by atoms with van der Waals surface area (Å²) in [6, 6.07) is 10.7. The van der Waals surface area contributed by atoms with Gasteiger partial charge in [-0.2, -0.15) is 0 Å². The summed E-state index contributed by atoms with van der Waals surface area (Å²) < 4.78 is 10.5. The highest BCUT2D eigenvalue weighted by Gasteiger charge is 2.34. The van der Waals surface area contributed by atoms with Crippen molar-refractivity contribution in [3.63, 3.8) is 0 Å². The van der Waals surface area contributed by atoms with Crippen LogP contribution in [0.1, 0.15) is 15.9 Å². The van der Waals surface area contributed by atoms with Gasteiger partial charge in [0.1, 0.15) is 5.57 Å². The molecule has 0 aliphatic carbocycles. The normalized spacial score (nSPS) is 17.1. The number of aromatic carboxylic acids is 1. The predicted molar refractivity (Wildman–Crippen MR) is 102 cm³/mol. The molecule has 28 heavy (non-hydrogen) atoms. The molecular formula is C19H12N2O6S. The van der Waals surface area contributed by atoms with Gasteiger partial charge in [0.25, 0.3) is 11.8 Å². The third-order valence-corrected chi connectivity index (χ3v) is 4.45. The van der Waals surface area contributed by atoms with Gasteiger partial charge in [-0.3, -0.25) is 19.8 Å². The molecule has 2 heterocycles. The summed E-state index contributed by atoms with van der Waals surface area (Å²) in [5, 5.41) is 11.5. The largest absolute Gasteiger partial charge is 0.478 e. The average molecular weight is 396 g/mol. The van der Waals surface area contributed by atoms with E-state index in [0.29, 0.717) is 17.1 Å². The maximum atomic E-state index is 13.0. The van der Waals surface area contributed by atoms with E-state index in [1.165, 1.54) is 30.3 Å². The summed E-state index contributed by atoms with van der Waals surface area (Å²) >= 11 is 5.12. The first kappa shape index (κ1) is 17.7. The van der Waals surface area contributed by atoms with Crippen molar-refractivity contribution in [3.8, 4) is 11.5 Å². The zero-order valence-corrected chi connectivity index (χ0v) is 15.0. The lowest BCUT2D eigenvalue weighted by Crippen LogP contribution is -2.54. The number of anilines is 1. The number of nitrogens with one attached hydrogen (secondary N) is 1. The number of carboxylic acid groups (broad SMARTS) is 1. The Morgan fingerprint density at radius 1 is 1.14 bits per heavy atom. The molecule has 0 radical (unpaired) electrons. The smallest absolute Gasteiger partial charge is 0.335 e. The molecular weight excluding hydrogens is 384 g/mol. The first-order valence-corrected chi connectivity index (χ1v) is 8.49. The summed E-state index contributed by atoms with van der Waals surface area (Å²) in [6.07, 6.45) is 1.41. The average Bonchev–Trinajstić information content (AvgIpc) is 3.13. The molecule has 2 aliphatic rings. The van der Waals surface area contributed by atoms with Gasteiger partial charge in [-0.05, 0) is 54.2 Å². The van der Waals surface area contributed by atoms with Gasteiger partial charge >= 0.3 is 5.97 Å².